The van der Waals surface area contributed by atoms with Crippen molar-refractivity contribution in [2.45, 2.75) is 174 Å². The van der Waals surface area contributed by atoms with Crippen LogP contribution in [0, 0.1) is 50.2 Å². The van der Waals surface area contributed by atoms with Crippen LogP contribution in [-0.2, 0) is 23.7 Å². The lowest BCUT2D eigenvalue weighted by molar-refractivity contribution is -0.367. The van der Waals surface area contributed by atoms with E-state index < -0.39 is 73.3 Å². The van der Waals surface area contributed by atoms with E-state index in [1.807, 2.05) is 0 Å². The second kappa shape index (κ2) is 13.5. The quantitative estimate of drug-likeness (QED) is 0.155. The van der Waals surface area contributed by atoms with Crippen LogP contribution in [0.4, 0.5) is 0 Å². The molecule has 0 aromatic rings. The van der Waals surface area contributed by atoms with Gasteiger partial charge < -0.3 is 54.7 Å². The number of aliphatic hydroxyl groups excluding tert-OH is 6. The first-order valence-corrected chi connectivity index (χ1v) is 20.2. The zero-order valence-corrected chi connectivity index (χ0v) is 32.7. The lowest BCUT2D eigenvalue weighted by Gasteiger charge is -2.71. The summed E-state index contributed by atoms with van der Waals surface area (Å²) in [5.74, 6) is 0.147. The van der Waals surface area contributed by atoms with Gasteiger partial charge in [-0.05, 0) is 109 Å². The number of aliphatic carboxylic acids is 1. The summed E-state index contributed by atoms with van der Waals surface area (Å²) in [6.07, 6.45) is -1.79. The largest absolute Gasteiger partial charge is 0.481 e. The summed E-state index contributed by atoms with van der Waals surface area (Å²) >= 11 is 0. The number of fused-ring (bicyclic) bond motifs is 7. The molecule has 6 fully saturated rings. The van der Waals surface area contributed by atoms with Crippen molar-refractivity contribution in [3.8, 4) is 0 Å². The van der Waals surface area contributed by atoms with Crippen LogP contribution in [0.15, 0.2) is 11.6 Å². The van der Waals surface area contributed by atoms with Crippen molar-refractivity contribution in [3.05, 3.63) is 11.6 Å². The number of carbonyl (C=O) groups is 1. The maximum Gasteiger partial charge on any atom is 0.310 e. The molecule has 0 unspecified atom stereocenters. The number of hydrogen-bond donors (Lipinski definition) is 7. The van der Waals surface area contributed by atoms with E-state index >= 15 is 0 Å². The highest BCUT2D eigenvalue weighted by Gasteiger charge is 2.69. The van der Waals surface area contributed by atoms with E-state index in [9.17, 15) is 40.5 Å². The Labute approximate surface area is 314 Å². The first-order valence-electron chi connectivity index (χ1n) is 20.2. The predicted octanol–water partition coefficient (Wildman–Crippen LogP) is 3.52. The summed E-state index contributed by atoms with van der Waals surface area (Å²) < 4.78 is 24.3. The van der Waals surface area contributed by atoms with Gasteiger partial charge in [0.2, 0.25) is 0 Å². The van der Waals surface area contributed by atoms with E-state index in [2.05, 4.69) is 54.5 Å². The van der Waals surface area contributed by atoms with Crippen molar-refractivity contribution in [1.29, 1.82) is 0 Å². The molecule has 53 heavy (non-hydrogen) atoms. The molecule has 7 aliphatic rings. The molecule has 2 saturated heterocycles. The lowest BCUT2D eigenvalue weighted by atomic mass is 9.33. The molecule has 17 atom stereocenters. The highest BCUT2D eigenvalue weighted by molar-refractivity contribution is 5.76. The lowest BCUT2D eigenvalue weighted by Crippen LogP contribution is -2.66. The molecular formula is C41H66O12. The van der Waals surface area contributed by atoms with Crippen molar-refractivity contribution in [2.24, 2.45) is 50.2 Å². The number of carboxylic acid groups (broad SMARTS) is 1. The summed E-state index contributed by atoms with van der Waals surface area (Å²) in [6.45, 7) is 15.7. The standard InChI is InChI=1S/C41H66O12/c1-36(2)14-16-41(35(48)49)17-15-39(6)21(22(41)18-36)8-9-26-38(5)12-11-27(37(3,4)25(38)10-13-40(26,39)7)52-34-32(28(44)23(43)20-50-34)53-33-31(47)30(46)29(45)24(19-42)51-33/h8,22-34,42-47H,9-20H2,1-7H3,(H,48,49)/t22-,23+,24+,25-,26+,27-,28+,29+,30-,31+,32-,33-,34-,38-,39+,40+,41-/m0/s1. The van der Waals surface area contributed by atoms with Crippen LogP contribution in [-0.4, -0.2) is 116 Å². The van der Waals surface area contributed by atoms with Crippen molar-refractivity contribution in [3.63, 3.8) is 0 Å². The van der Waals surface area contributed by atoms with Crippen molar-refractivity contribution >= 4 is 5.97 Å². The van der Waals surface area contributed by atoms with Crippen LogP contribution >= 0.6 is 0 Å². The predicted molar refractivity (Wildman–Crippen MR) is 192 cm³/mol. The summed E-state index contributed by atoms with van der Waals surface area (Å²) in [4.78, 5) is 13.0. The molecule has 2 heterocycles. The van der Waals surface area contributed by atoms with E-state index in [-0.39, 0.29) is 45.7 Å². The Morgan fingerprint density at radius 2 is 1.51 bits per heavy atom. The topological polar surface area (TPSA) is 196 Å². The molecule has 12 heteroatoms. The number of ether oxygens (including phenoxy) is 4. The number of aliphatic hydroxyl groups is 6. The van der Waals surface area contributed by atoms with Gasteiger partial charge in [-0.15, -0.1) is 0 Å². The van der Waals surface area contributed by atoms with Crippen LogP contribution in [0.2, 0.25) is 0 Å². The fourth-order valence-corrected chi connectivity index (χ4v) is 13.4. The average Bonchev–Trinajstić information content (AvgIpc) is 3.08. The van der Waals surface area contributed by atoms with E-state index in [1.54, 1.807) is 0 Å². The van der Waals surface area contributed by atoms with Crippen LogP contribution < -0.4 is 0 Å². The van der Waals surface area contributed by atoms with Crippen LogP contribution in [0.3, 0.4) is 0 Å². The fourth-order valence-electron chi connectivity index (χ4n) is 13.4. The van der Waals surface area contributed by atoms with Gasteiger partial charge >= 0.3 is 5.97 Å². The first-order chi connectivity index (χ1) is 24.7. The highest BCUT2D eigenvalue weighted by Crippen LogP contribution is 2.76. The average molecular weight is 751 g/mol. The van der Waals surface area contributed by atoms with Crippen molar-refractivity contribution < 1.29 is 59.5 Å². The third kappa shape index (κ3) is 5.94. The van der Waals surface area contributed by atoms with Gasteiger partial charge in [0, 0.05) is 0 Å². The Hall–Kier alpha value is -1.19. The minimum absolute atomic E-state index is 0.00935. The Morgan fingerprint density at radius 3 is 2.19 bits per heavy atom. The summed E-state index contributed by atoms with van der Waals surface area (Å²) in [7, 11) is 0. The van der Waals surface area contributed by atoms with Gasteiger partial charge in [0.05, 0.1) is 24.7 Å². The smallest absolute Gasteiger partial charge is 0.310 e. The molecule has 0 radical (unpaired) electrons. The molecular weight excluding hydrogens is 684 g/mol. The van der Waals surface area contributed by atoms with Crippen LogP contribution in [0.5, 0.6) is 0 Å². The Bertz CT molecular complexity index is 1430. The maximum atomic E-state index is 13.0. The number of allylic oxidation sites excluding steroid dienone is 2. The molecule has 0 aromatic heterocycles. The van der Waals surface area contributed by atoms with Gasteiger partial charge in [-0.1, -0.05) is 60.1 Å². The molecule has 7 rings (SSSR count). The van der Waals surface area contributed by atoms with Crippen molar-refractivity contribution in [2.75, 3.05) is 13.2 Å². The number of rotatable bonds is 6. The summed E-state index contributed by atoms with van der Waals surface area (Å²) in [5, 5.41) is 73.3. The molecule has 2 aliphatic heterocycles. The summed E-state index contributed by atoms with van der Waals surface area (Å²) in [5.41, 5.74) is 0.450. The van der Waals surface area contributed by atoms with E-state index in [0.29, 0.717) is 11.8 Å². The van der Waals surface area contributed by atoms with Crippen LogP contribution in [0.25, 0.3) is 0 Å². The zero-order chi connectivity index (χ0) is 38.7. The Kier molecular flexibility index (Phi) is 10.2. The first kappa shape index (κ1) is 40.0. The maximum absolute atomic E-state index is 13.0. The molecule has 302 valence electrons. The highest BCUT2D eigenvalue weighted by atomic mass is 16.8. The van der Waals surface area contributed by atoms with Gasteiger partial charge in [0.1, 0.15) is 42.7 Å². The van der Waals surface area contributed by atoms with Gasteiger partial charge in [0.15, 0.2) is 12.6 Å². The molecule has 0 spiro atoms. The molecule has 5 aliphatic carbocycles. The fraction of sp³-hybridized carbons (Fsp3) is 0.927. The number of carboxylic acids is 1. The SMILES string of the molecule is CC1(C)CC[C@]2(C(=O)O)CC[C@]3(C)C(=CC[C@@H]4[C@@]5(C)CC[C@H](O[C@@H]6OC[C@@H](O)[C@@H](O)[C@@H]6O[C@@H]6O[C@H](CO)[C@@H](O)[C@H](O)[C@H]6O)C(C)(C)[C@@H]5CC[C@]43C)[C@@H]2C1. The molecule has 0 amide bonds. The Morgan fingerprint density at radius 1 is 0.811 bits per heavy atom. The van der Waals surface area contributed by atoms with E-state index in [1.165, 1.54) is 5.57 Å². The zero-order valence-electron chi connectivity index (χ0n) is 32.7. The van der Waals surface area contributed by atoms with Gasteiger partial charge in [-0.3, -0.25) is 4.79 Å². The normalized spacial score (nSPS) is 53.3. The summed E-state index contributed by atoms with van der Waals surface area (Å²) in [6, 6.07) is 0. The van der Waals surface area contributed by atoms with Gasteiger partial charge in [0.25, 0.3) is 0 Å². The van der Waals surface area contributed by atoms with Crippen molar-refractivity contribution in [1.82, 2.24) is 0 Å². The second-order valence-corrected chi connectivity index (χ2v) is 20.2. The van der Waals surface area contributed by atoms with E-state index in [4.69, 9.17) is 18.9 Å². The second-order valence-electron chi connectivity index (χ2n) is 20.2. The molecule has 0 bridgehead atoms. The minimum atomic E-state index is -1.69. The molecule has 7 N–H and O–H groups in total. The van der Waals surface area contributed by atoms with Gasteiger partial charge in [-0.2, -0.15) is 0 Å². The third-order valence-electron chi connectivity index (χ3n) is 16.9. The minimum Gasteiger partial charge on any atom is -0.481 e. The molecule has 0 aromatic carbocycles. The monoisotopic (exact) mass is 750 g/mol. The molecule has 4 saturated carbocycles. The van der Waals surface area contributed by atoms with Gasteiger partial charge in [-0.25, -0.2) is 0 Å². The molecule has 12 nitrogen and oxygen atoms in total. The number of hydrogen-bond acceptors (Lipinski definition) is 11. The van der Waals surface area contributed by atoms with Crippen LogP contribution in [0.1, 0.15) is 113 Å². The van der Waals surface area contributed by atoms with E-state index in [0.717, 1.165) is 64.2 Å². The third-order valence-corrected chi connectivity index (χ3v) is 16.9. The Balaban J connectivity index is 1.13.